The van der Waals surface area contributed by atoms with Crippen LogP contribution in [0.25, 0.3) is 22.8 Å². The molecule has 0 N–H and O–H groups in total. The third kappa shape index (κ3) is 9.11. The normalized spacial score (nSPS) is 15.3. The molecule has 0 spiro atoms. The Balaban J connectivity index is 0.000000375. The van der Waals surface area contributed by atoms with Gasteiger partial charge < -0.3 is 14.4 Å². The predicted molar refractivity (Wildman–Crippen MR) is 179 cm³/mol. The Bertz CT molecular complexity index is 1460. The van der Waals surface area contributed by atoms with Gasteiger partial charge in [-0.3, -0.25) is 9.78 Å². The molecule has 2 aromatic carbocycles. The van der Waals surface area contributed by atoms with Gasteiger partial charge in [0.05, 0.1) is 24.5 Å². The number of carbonyl (C=O) groups excluding carboxylic acids is 1. The smallest absolute Gasteiger partial charge is 0.159 e. The first-order valence-corrected chi connectivity index (χ1v) is 16.1. The van der Waals surface area contributed by atoms with Crippen molar-refractivity contribution in [2.75, 3.05) is 26.3 Å². The topological polar surface area (TPSA) is 75.5 Å². The van der Waals surface area contributed by atoms with Crippen LogP contribution < -0.4 is 4.74 Å². The molecule has 44 heavy (non-hydrogen) atoms. The van der Waals surface area contributed by atoms with E-state index in [0.717, 1.165) is 52.4 Å². The molecule has 232 valence electrons. The molecule has 0 radical (unpaired) electrons. The summed E-state index contributed by atoms with van der Waals surface area (Å²) in [6, 6.07) is 18.6. The molecule has 6 nitrogen and oxygen atoms in total. The zero-order chi connectivity index (χ0) is 31.5. The molecular weight excluding hydrogens is 546 g/mol. The molecule has 1 saturated carbocycles. The van der Waals surface area contributed by atoms with Gasteiger partial charge in [0.2, 0.25) is 0 Å². The summed E-state index contributed by atoms with van der Waals surface area (Å²) >= 11 is 0. The molecule has 3 aromatic rings. The van der Waals surface area contributed by atoms with Crippen molar-refractivity contribution in [1.29, 1.82) is 5.26 Å². The van der Waals surface area contributed by atoms with E-state index in [1.165, 1.54) is 38.8 Å². The zero-order valence-electron chi connectivity index (χ0n) is 27.1. The molecule has 5 rings (SSSR count). The van der Waals surface area contributed by atoms with E-state index in [1.807, 2.05) is 62.4 Å². The van der Waals surface area contributed by atoms with Crippen LogP contribution in [0.4, 0.5) is 0 Å². The maximum atomic E-state index is 11.5. The van der Waals surface area contributed by atoms with Crippen LogP contribution in [-0.2, 0) is 4.74 Å². The molecule has 2 heterocycles. The van der Waals surface area contributed by atoms with E-state index in [4.69, 9.17) is 9.47 Å². The molecule has 0 bridgehead atoms. The van der Waals surface area contributed by atoms with Gasteiger partial charge in [0.25, 0.3) is 0 Å². The molecule has 2 fully saturated rings. The van der Waals surface area contributed by atoms with E-state index in [0.29, 0.717) is 30.1 Å². The summed E-state index contributed by atoms with van der Waals surface area (Å²) in [4.78, 5) is 18.8. The second-order valence-corrected chi connectivity index (χ2v) is 11.8. The lowest BCUT2D eigenvalue weighted by atomic mass is 9.96. The molecule has 2 aliphatic rings. The minimum atomic E-state index is 0.0549. The summed E-state index contributed by atoms with van der Waals surface area (Å²) in [5, 5.41) is 9.74. The summed E-state index contributed by atoms with van der Waals surface area (Å²) in [7, 11) is 0. The van der Waals surface area contributed by atoms with Crippen molar-refractivity contribution in [2.45, 2.75) is 85.3 Å². The van der Waals surface area contributed by atoms with Crippen molar-refractivity contribution < 1.29 is 14.3 Å². The van der Waals surface area contributed by atoms with Crippen molar-refractivity contribution in [3.63, 3.8) is 0 Å². The van der Waals surface area contributed by atoms with Crippen LogP contribution in [0.15, 0.2) is 54.7 Å². The number of pyridine rings is 1. The number of Topliss-reactive ketones (excluding diaryl/α,β-unsaturated/α-hetero) is 1. The Morgan fingerprint density at radius 2 is 1.66 bits per heavy atom. The van der Waals surface area contributed by atoms with Gasteiger partial charge in [-0.25, -0.2) is 0 Å². The van der Waals surface area contributed by atoms with Crippen LogP contribution in [0.3, 0.4) is 0 Å². The van der Waals surface area contributed by atoms with Gasteiger partial charge in [-0.2, -0.15) is 5.26 Å². The van der Waals surface area contributed by atoms with Crippen LogP contribution in [-0.4, -0.2) is 54.1 Å². The van der Waals surface area contributed by atoms with Gasteiger partial charge in [-0.1, -0.05) is 44.2 Å². The first-order chi connectivity index (χ1) is 21.3. The minimum absolute atomic E-state index is 0.0549. The summed E-state index contributed by atoms with van der Waals surface area (Å²) in [5.41, 5.74) is 7.20. The Morgan fingerprint density at radius 1 is 1.00 bits per heavy atom. The highest BCUT2D eigenvalue weighted by Gasteiger charge is 2.27. The lowest BCUT2D eigenvalue weighted by Gasteiger charge is -2.24. The number of hydrogen-bond donors (Lipinski definition) is 0. The number of hydrogen-bond acceptors (Lipinski definition) is 6. The van der Waals surface area contributed by atoms with E-state index in [9.17, 15) is 10.1 Å². The van der Waals surface area contributed by atoms with Crippen LogP contribution in [0.2, 0.25) is 0 Å². The van der Waals surface area contributed by atoms with E-state index < -0.39 is 0 Å². The third-order valence-corrected chi connectivity index (χ3v) is 8.30. The summed E-state index contributed by atoms with van der Waals surface area (Å²) in [6.45, 7) is 14.2. The molecule has 6 heteroatoms. The van der Waals surface area contributed by atoms with Gasteiger partial charge in [0, 0.05) is 30.6 Å². The van der Waals surface area contributed by atoms with Crippen LogP contribution in [0, 0.1) is 18.3 Å². The van der Waals surface area contributed by atoms with E-state index in [2.05, 4.69) is 35.9 Å². The molecule has 0 unspecified atom stereocenters. The van der Waals surface area contributed by atoms with Gasteiger partial charge >= 0.3 is 0 Å². The largest absolute Gasteiger partial charge is 0.489 e. The summed E-state index contributed by atoms with van der Waals surface area (Å²) in [5.74, 6) is 0.675. The molecule has 1 saturated heterocycles. The first kappa shape index (κ1) is 33.1. The lowest BCUT2D eigenvalue weighted by molar-refractivity contribution is 0.0254. The second kappa shape index (κ2) is 16.3. The molecule has 1 aromatic heterocycles. The highest BCUT2D eigenvalue weighted by molar-refractivity contribution is 5.94. The number of allylic oxidation sites excluding steroid dienone is 1. The van der Waals surface area contributed by atoms with Crippen molar-refractivity contribution >= 4 is 17.4 Å². The van der Waals surface area contributed by atoms with Crippen molar-refractivity contribution in [2.24, 2.45) is 0 Å². The lowest BCUT2D eigenvalue weighted by Crippen LogP contribution is -2.27. The van der Waals surface area contributed by atoms with Gasteiger partial charge in [0.15, 0.2) is 5.78 Å². The molecule has 1 aliphatic heterocycles. The zero-order valence-corrected chi connectivity index (χ0v) is 27.1. The quantitative estimate of drug-likeness (QED) is 0.208. The third-order valence-electron chi connectivity index (χ3n) is 8.30. The Labute approximate surface area is 263 Å². The maximum Gasteiger partial charge on any atom is 0.159 e. The average molecular weight is 594 g/mol. The van der Waals surface area contributed by atoms with Crippen LogP contribution >= 0.6 is 0 Å². The highest BCUT2D eigenvalue weighted by Crippen LogP contribution is 2.32. The minimum Gasteiger partial charge on any atom is -0.489 e. The van der Waals surface area contributed by atoms with Gasteiger partial charge in [-0.05, 0) is 112 Å². The summed E-state index contributed by atoms with van der Waals surface area (Å²) in [6.07, 6.45) is 11.1. The SMILES string of the molecule is CC(=O)c1ccc(/C(C)=C/c2nccc(-c3ccc(OC4CCOCC4)c(C#N)c3)c2C)cc1.CCCN(CCC)C1CC1. The fraction of sp³-hybridized carbons (Fsp3) is 0.447. The Kier molecular flexibility index (Phi) is 12.3. The van der Waals surface area contributed by atoms with Crippen molar-refractivity contribution in [1.82, 2.24) is 9.88 Å². The fourth-order valence-corrected chi connectivity index (χ4v) is 5.62. The monoisotopic (exact) mass is 593 g/mol. The number of ketones is 1. The van der Waals surface area contributed by atoms with Crippen molar-refractivity contribution in [3.05, 3.63) is 82.7 Å². The molecule has 0 amide bonds. The maximum absolute atomic E-state index is 11.5. The Morgan fingerprint density at radius 3 is 2.25 bits per heavy atom. The number of aromatic nitrogens is 1. The van der Waals surface area contributed by atoms with Crippen molar-refractivity contribution in [3.8, 4) is 22.9 Å². The first-order valence-electron chi connectivity index (χ1n) is 16.1. The van der Waals surface area contributed by atoms with Crippen LogP contribution in [0.5, 0.6) is 5.75 Å². The van der Waals surface area contributed by atoms with E-state index in [1.54, 1.807) is 13.1 Å². The van der Waals surface area contributed by atoms with Gasteiger partial charge in [0.1, 0.15) is 17.9 Å². The van der Waals surface area contributed by atoms with E-state index >= 15 is 0 Å². The highest BCUT2D eigenvalue weighted by atomic mass is 16.5. The van der Waals surface area contributed by atoms with Crippen LogP contribution in [0.1, 0.15) is 99.0 Å². The summed E-state index contributed by atoms with van der Waals surface area (Å²) < 4.78 is 11.5. The second-order valence-electron chi connectivity index (χ2n) is 11.8. The average Bonchev–Trinajstić information content (AvgIpc) is 3.89. The number of nitrogens with zero attached hydrogens (tertiary/aromatic N) is 3. The number of ether oxygens (including phenoxy) is 2. The number of nitriles is 1. The number of rotatable bonds is 11. The Hall–Kier alpha value is -3.79. The van der Waals surface area contributed by atoms with E-state index in [-0.39, 0.29) is 11.9 Å². The number of benzene rings is 2. The fourth-order valence-electron chi connectivity index (χ4n) is 5.62. The molecule has 0 atom stereocenters. The molecule has 1 aliphatic carbocycles. The predicted octanol–water partition coefficient (Wildman–Crippen LogP) is 8.52. The van der Waals surface area contributed by atoms with Gasteiger partial charge in [-0.15, -0.1) is 0 Å². The standard InChI is InChI=1S/C29H28N2O3.C9H19N/c1-19(22-4-6-23(7-5-22)21(3)32)16-28-20(2)27(10-13-31-28)24-8-9-29(25(17-24)18-30)34-26-11-14-33-15-12-26;1-3-7-10(8-4-2)9-5-6-9/h4-10,13,16-17,26H,11-12,14-15H2,1-3H3;9H,3-8H2,1-2H3/b19-16+;. The molecular formula is C38H47N3O3. The number of carbonyl (C=O) groups is 1.